The number of benzene rings is 1. The number of hydrogen-bond acceptors (Lipinski definition) is 5. The van der Waals surface area contributed by atoms with Gasteiger partial charge in [-0.15, -0.1) is 0 Å². The highest BCUT2D eigenvalue weighted by Crippen LogP contribution is 2.25. The van der Waals surface area contributed by atoms with Gasteiger partial charge in [-0.05, 0) is 38.5 Å². The largest absolute Gasteiger partial charge is 0.367 e. The first kappa shape index (κ1) is 19.3. The third-order valence-corrected chi connectivity index (χ3v) is 4.29. The minimum atomic E-state index is -0.245. The molecule has 2 heterocycles. The molecule has 0 saturated carbocycles. The Labute approximate surface area is 158 Å². The van der Waals surface area contributed by atoms with Gasteiger partial charge in [0.25, 0.3) is 0 Å². The van der Waals surface area contributed by atoms with Crippen LogP contribution in [0.4, 0.5) is 4.39 Å². The quantitative estimate of drug-likeness (QED) is 0.639. The first-order chi connectivity index (χ1) is 13.0. The molecular weight excluding hydrogens is 349 g/mol. The van der Waals surface area contributed by atoms with Crippen molar-refractivity contribution in [3.63, 3.8) is 0 Å². The van der Waals surface area contributed by atoms with E-state index >= 15 is 0 Å². The maximum atomic E-state index is 13.2. The summed E-state index contributed by atoms with van der Waals surface area (Å²) >= 11 is 0. The number of nitrogens with one attached hydrogen (secondary N) is 1. The Morgan fingerprint density at radius 2 is 2.11 bits per heavy atom. The molecule has 1 saturated heterocycles. The number of aromatic nitrogens is 2. The summed E-state index contributed by atoms with van der Waals surface area (Å²) in [4.78, 5) is 11.1. The van der Waals surface area contributed by atoms with E-state index in [1.54, 1.807) is 19.1 Å². The number of nitrogens with zero attached hydrogens (tertiary/aromatic N) is 4. The normalized spacial score (nSPS) is 20.7. The van der Waals surface area contributed by atoms with Crippen molar-refractivity contribution >= 4 is 5.96 Å². The van der Waals surface area contributed by atoms with Gasteiger partial charge < -0.3 is 19.5 Å². The lowest BCUT2D eigenvalue weighted by molar-refractivity contribution is -0.0605. The van der Waals surface area contributed by atoms with E-state index in [1.807, 2.05) is 13.8 Å². The molecule has 1 aromatic heterocycles. The topological polar surface area (TPSA) is 75.8 Å². The van der Waals surface area contributed by atoms with Crippen LogP contribution in [0.2, 0.25) is 0 Å². The van der Waals surface area contributed by atoms with Gasteiger partial charge in [-0.2, -0.15) is 4.98 Å². The molecule has 1 N–H and O–H groups in total. The molecule has 3 rings (SSSR count). The minimum Gasteiger partial charge on any atom is -0.367 e. The number of aryl methyl sites for hydroxylation is 1. The molecule has 0 spiro atoms. The average Bonchev–Trinajstić information content (AvgIpc) is 3.06. The standard InChI is InChI=1S/C19H26FN5O2/c1-4-21-19(22-10-9-18-23-14(3)24-27-18)25-11-13(2)26-17(12-25)15-5-7-16(20)8-6-15/h5-8,13,17H,4,9-12H2,1-3H3,(H,21,22). The molecule has 1 aliphatic heterocycles. The molecule has 1 aliphatic rings. The Kier molecular flexibility index (Phi) is 6.39. The summed E-state index contributed by atoms with van der Waals surface area (Å²) in [5, 5.41) is 7.14. The highest BCUT2D eigenvalue weighted by atomic mass is 19.1. The van der Waals surface area contributed by atoms with Crippen molar-refractivity contribution in [1.82, 2.24) is 20.4 Å². The fraction of sp³-hybridized carbons (Fsp3) is 0.526. The number of rotatable bonds is 5. The second-order valence-corrected chi connectivity index (χ2v) is 6.61. The zero-order chi connectivity index (χ0) is 19.2. The predicted molar refractivity (Wildman–Crippen MR) is 100.0 cm³/mol. The van der Waals surface area contributed by atoms with Crippen LogP contribution < -0.4 is 5.32 Å². The fourth-order valence-corrected chi connectivity index (χ4v) is 3.11. The van der Waals surface area contributed by atoms with Crippen LogP contribution >= 0.6 is 0 Å². The number of hydrogen-bond donors (Lipinski definition) is 1. The predicted octanol–water partition coefficient (Wildman–Crippen LogP) is 2.49. The zero-order valence-corrected chi connectivity index (χ0v) is 16.0. The van der Waals surface area contributed by atoms with Crippen molar-refractivity contribution in [2.24, 2.45) is 4.99 Å². The van der Waals surface area contributed by atoms with Gasteiger partial charge in [0.15, 0.2) is 11.8 Å². The molecule has 7 nitrogen and oxygen atoms in total. The van der Waals surface area contributed by atoms with Crippen molar-refractivity contribution in [3.8, 4) is 0 Å². The fourth-order valence-electron chi connectivity index (χ4n) is 3.11. The Bertz CT molecular complexity index is 762. The highest BCUT2D eigenvalue weighted by Gasteiger charge is 2.28. The van der Waals surface area contributed by atoms with E-state index in [0.717, 1.165) is 24.6 Å². The van der Waals surface area contributed by atoms with E-state index in [4.69, 9.17) is 14.3 Å². The molecule has 8 heteroatoms. The number of ether oxygens (including phenoxy) is 1. The van der Waals surface area contributed by atoms with Crippen LogP contribution in [0, 0.1) is 12.7 Å². The van der Waals surface area contributed by atoms with Crippen molar-refractivity contribution in [2.45, 2.75) is 39.4 Å². The molecule has 0 aliphatic carbocycles. The summed E-state index contributed by atoms with van der Waals surface area (Å²) in [7, 11) is 0. The zero-order valence-electron chi connectivity index (χ0n) is 16.0. The van der Waals surface area contributed by atoms with E-state index in [2.05, 4.69) is 20.4 Å². The molecule has 27 heavy (non-hydrogen) atoms. The average molecular weight is 375 g/mol. The molecule has 2 aromatic rings. The first-order valence-electron chi connectivity index (χ1n) is 9.28. The van der Waals surface area contributed by atoms with E-state index in [9.17, 15) is 4.39 Å². The summed E-state index contributed by atoms with van der Waals surface area (Å²) in [5.74, 6) is 1.80. The van der Waals surface area contributed by atoms with Crippen LogP contribution in [0.5, 0.6) is 0 Å². The monoisotopic (exact) mass is 375 g/mol. The third-order valence-electron chi connectivity index (χ3n) is 4.29. The minimum absolute atomic E-state index is 0.0382. The van der Waals surface area contributed by atoms with Crippen LogP contribution in [0.25, 0.3) is 0 Å². The SMILES string of the molecule is CCNC(=NCCc1nc(C)no1)N1CC(C)OC(c2ccc(F)cc2)C1. The second kappa shape index (κ2) is 8.94. The van der Waals surface area contributed by atoms with Gasteiger partial charge in [0.05, 0.1) is 19.2 Å². The van der Waals surface area contributed by atoms with Gasteiger partial charge >= 0.3 is 0 Å². The van der Waals surface area contributed by atoms with E-state index < -0.39 is 0 Å². The van der Waals surface area contributed by atoms with E-state index in [0.29, 0.717) is 31.2 Å². The van der Waals surface area contributed by atoms with Gasteiger partial charge in [0.2, 0.25) is 5.89 Å². The van der Waals surface area contributed by atoms with Crippen molar-refractivity contribution in [1.29, 1.82) is 0 Å². The van der Waals surface area contributed by atoms with Crippen molar-refractivity contribution in [3.05, 3.63) is 47.4 Å². The molecule has 1 aromatic carbocycles. The molecular formula is C19H26FN5O2. The van der Waals surface area contributed by atoms with Crippen molar-refractivity contribution in [2.75, 3.05) is 26.2 Å². The number of halogens is 1. The smallest absolute Gasteiger partial charge is 0.228 e. The highest BCUT2D eigenvalue weighted by molar-refractivity contribution is 5.80. The van der Waals surface area contributed by atoms with Crippen LogP contribution in [0.3, 0.4) is 0 Å². The first-order valence-corrected chi connectivity index (χ1v) is 9.28. The molecule has 146 valence electrons. The summed E-state index contributed by atoms with van der Waals surface area (Å²) < 4.78 is 24.4. The lowest BCUT2D eigenvalue weighted by atomic mass is 10.1. The number of morpholine rings is 1. The van der Waals surface area contributed by atoms with Gasteiger partial charge in [0, 0.05) is 19.5 Å². The van der Waals surface area contributed by atoms with Crippen LogP contribution in [0.1, 0.15) is 37.2 Å². The second-order valence-electron chi connectivity index (χ2n) is 6.61. The number of aliphatic imine (C=N–C) groups is 1. The maximum Gasteiger partial charge on any atom is 0.228 e. The third kappa shape index (κ3) is 5.26. The molecule has 2 unspecified atom stereocenters. The summed E-state index contributed by atoms with van der Waals surface area (Å²) in [6.45, 7) is 8.59. The van der Waals surface area contributed by atoms with Gasteiger partial charge in [-0.3, -0.25) is 4.99 Å². The maximum absolute atomic E-state index is 13.2. The Morgan fingerprint density at radius 1 is 1.33 bits per heavy atom. The molecule has 0 amide bonds. The molecule has 0 radical (unpaired) electrons. The Morgan fingerprint density at radius 3 is 2.78 bits per heavy atom. The summed E-state index contributed by atoms with van der Waals surface area (Å²) in [6.07, 6.45) is 0.504. The van der Waals surface area contributed by atoms with Crippen LogP contribution in [-0.4, -0.2) is 53.3 Å². The Hall–Kier alpha value is -2.48. The molecule has 0 bridgehead atoms. The lowest BCUT2D eigenvalue weighted by Gasteiger charge is -2.38. The Balaban J connectivity index is 1.69. The van der Waals surface area contributed by atoms with E-state index in [1.165, 1.54) is 12.1 Å². The number of guanidine groups is 1. The van der Waals surface area contributed by atoms with Crippen LogP contribution in [-0.2, 0) is 11.2 Å². The summed E-state index contributed by atoms with van der Waals surface area (Å²) in [6, 6.07) is 6.48. The van der Waals surface area contributed by atoms with Gasteiger partial charge in [-0.1, -0.05) is 17.3 Å². The van der Waals surface area contributed by atoms with Gasteiger partial charge in [0.1, 0.15) is 11.9 Å². The van der Waals surface area contributed by atoms with Crippen LogP contribution in [0.15, 0.2) is 33.8 Å². The van der Waals surface area contributed by atoms with Crippen molar-refractivity contribution < 1.29 is 13.7 Å². The summed E-state index contributed by atoms with van der Waals surface area (Å²) in [5.41, 5.74) is 0.963. The lowest BCUT2D eigenvalue weighted by Crippen LogP contribution is -2.50. The van der Waals surface area contributed by atoms with Gasteiger partial charge in [-0.25, -0.2) is 4.39 Å². The molecule has 2 atom stereocenters. The molecule has 1 fully saturated rings. The van der Waals surface area contributed by atoms with E-state index in [-0.39, 0.29) is 18.0 Å².